The lowest BCUT2D eigenvalue weighted by Gasteiger charge is -2.36. The third-order valence-corrected chi connectivity index (χ3v) is 8.17. The normalized spacial score (nSPS) is 25.8. The third-order valence-electron chi connectivity index (χ3n) is 8.17. The van der Waals surface area contributed by atoms with E-state index in [2.05, 4.69) is 18.6 Å². The van der Waals surface area contributed by atoms with Crippen LogP contribution >= 0.6 is 0 Å². The standard InChI is InChI=1S/C29H31F3N4O/c1-18(37)36-16-21(25(14-30)33-3)11-22-13-29(22,2)27(36)28-34-26(20-7-5-9-24(32)12-20)17-35(28)15-19-6-4-8-23(31)10-19/h4-10,12,17,21-22,25,27H,3,11,13-16H2,1-2H3/t21?,22?,25-,27+,29?/m1/s1. The van der Waals surface area contributed by atoms with E-state index in [1.807, 2.05) is 16.8 Å². The molecule has 2 aliphatic rings. The Morgan fingerprint density at radius 1 is 1.22 bits per heavy atom. The number of halogens is 3. The Morgan fingerprint density at radius 2 is 1.95 bits per heavy atom. The predicted molar refractivity (Wildman–Crippen MR) is 137 cm³/mol. The van der Waals surface area contributed by atoms with Crippen LogP contribution in [0, 0.1) is 28.9 Å². The average molecular weight is 509 g/mol. The number of likely N-dealkylation sites (tertiary alicyclic amines) is 1. The molecule has 3 aromatic rings. The maximum atomic E-state index is 14.1. The number of aromatic nitrogens is 2. The Balaban J connectivity index is 1.63. The Kier molecular flexibility index (Phi) is 6.68. The van der Waals surface area contributed by atoms with Gasteiger partial charge in [0.05, 0.1) is 17.8 Å². The Hall–Kier alpha value is -3.42. The first-order valence-corrected chi connectivity index (χ1v) is 12.6. The lowest BCUT2D eigenvalue weighted by molar-refractivity contribution is -0.133. The molecular formula is C29H31F3N4O. The van der Waals surface area contributed by atoms with Crippen LogP contribution in [0.1, 0.15) is 44.1 Å². The summed E-state index contributed by atoms with van der Waals surface area (Å²) in [7, 11) is 0. The molecule has 5 nitrogen and oxygen atoms in total. The molecule has 3 unspecified atom stereocenters. The Bertz CT molecular complexity index is 1320. The average Bonchev–Trinajstić information content (AvgIpc) is 3.36. The topological polar surface area (TPSA) is 50.5 Å². The van der Waals surface area contributed by atoms with Crippen molar-refractivity contribution in [2.75, 3.05) is 13.2 Å². The van der Waals surface area contributed by atoms with Gasteiger partial charge in [0.1, 0.15) is 24.1 Å². The molecule has 0 N–H and O–H groups in total. The minimum Gasteiger partial charge on any atom is -0.332 e. The van der Waals surface area contributed by atoms with Crippen LogP contribution in [0.3, 0.4) is 0 Å². The maximum absolute atomic E-state index is 14.1. The predicted octanol–water partition coefficient (Wildman–Crippen LogP) is 5.85. The highest BCUT2D eigenvalue weighted by molar-refractivity contribution is 5.74. The van der Waals surface area contributed by atoms with Crippen molar-refractivity contribution in [2.24, 2.45) is 22.2 Å². The highest BCUT2D eigenvalue weighted by atomic mass is 19.1. The van der Waals surface area contributed by atoms with Crippen LogP contribution in [0.4, 0.5) is 13.2 Å². The second-order valence-electron chi connectivity index (χ2n) is 10.6. The second kappa shape index (κ2) is 9.80. The van der Waals surface area contributed by atoms with Crippen LogP contribution in [-0.4, -0.2) is 46.3 Å². The number of carbonyl (C=O) groups excluding carboxylic acids is 1. The van der Waals surface area contributed by atoms with Crippen LogP contribution < -0.4 is 0 Å². The Labute approximate surface area is 215 Å². The smallest absolute Gasteiger partial charge is 0.220 e. The first kappa shape index (κ1) is 25.2. The highest BCUT2D eigenvalue weighted by Crippen LogP contribution is 2.65. The molecule has 37 heavy (non-hydrogen) atoms. The van der Waals surface area contributed by atoms with E-state index in [9.17, 15) is 18.0 Å². The number of amides is 1. The molecule has 5 atom stereocenters. The van der Waals surface area contributed by atoms with Gasteiger partial charge in [0.15, 0.2) is 0 Å². The molecule has 1 aliphatic heterocycles. The van der Waals surface area contributed by atoms with Crippen molar-refractivity contribution in [2.45, 2.75) is 45.3 Å². The van der Waals surface area contributed by atoms with Gasteiger partial charge in [0.25, 0.3) is 0 Å². The molecule has 0 bridgehead atoms. The lowest BCUT2D eigenvalue weighted by atomic mass is 9.91. The molecule has 2 aromatic carbocycles. The van der Waals surface area contributed by atoms with E-state index in [0.717, 1.165) is 18.4 Å². The van der Waals surface area contributed by atoms with Gasteiger partial charge in [-0.1, -0.05) is 31.2 Å². The number of imidazole rings is 1. The maximum Gasteiger partial charge on any atom is 0.220 e. The van der Waals surface area contributed by atoms with Crippen LogP contribution in [0.5, 0.6) is 0 Å². The van der Waals surface area contributed by atoms with Gasteiger partial charge < -0.3 is 9.47 Å². The zero-order chi connectivity index (χ0) is 26.3. The van der Waals surface area contributed by atoms with Crippen molar-refractivity contribution in [3.05, 3.63) is 77.8 Å². The largest absolute Gasteiger partial charge is 0.332 e. The summed E-state index contributed by atoms with van der Waals surface area (Å²) in [6.45, 7) is 7.32. The van der Waals surface area contributed by atoms with Crippen molar-refractivity contribution >= 4 is 12.6 Å². The van der Waals surface area contributed by atoms with Crippen LogP contribution in [0.25, 0.3) is 11.3 Å². The Morgan fingerprint density at radius 3 is 2.59 bits per heavy atom. The summed E-state index contributed by atoms with van der Waals surface area (Å²) in [6.07, 6.45) is 3.47. The fourth-order valence-electron chi connectivity index (χ4n) is 6.05. The number of alkyl halides is 1. The monoisotopic (exact) mass is 508 g/mol. The number of fused-ring (bicyclic) bond motifs is 1. The van der Waals surface area contributed by atoms with Crippen molar-refractivity contribution in [3.8, 4) is 11.3 Å². The summed E-state index contributed by atoms with van der Waals surface area (Å²) in [5, 5.41) is 0. The van der Waals surface area contributed by atoms with E-state index < -0.39 is 12.7 Å². The molecule has 5 rings (SSSR count). The highest BCUT2D eigenvalue weighted by Gasteiger charge is 2.61. The summed E-state index contributed by atoms with van der Waals surface area (Å²) in [4.78, 5) is 23.9. The molecule has 2 fully saturated rings. The van der Waals surface area contributed by atoms with Crippen LogP contribution in [0.2, 0.25) is 0 Å². The van der Waals surface area contributed by atoms with E-state index in [1.54, 1.807) is 23.1 Å². The number of carbonyl (C=O) groups is 1. The van der Waals surface area contributed by atoms with Crippen molar-refractivity contribution < 1.29 is 18.0 Å². The van der Waals surface area contributed by atoms with Crippen LogP contribution in [-0.2, 0) is 11.3 Å². The number of rotatable bonds is 7. The van der Waals surface area contributed by atoms with E-state index in [0.29, 0.717) is 30.2 Å². The van der Waals surface area contributed by atoms with Crippen molar-refractivity contribution in [3.63, 3.8) is 0 Å². The molecule has 1 saturated heterocycles. The summed E-state index contributed by atoms with van der Waals surface area (Å²) in [5.41, 5.74) is 1.68. The number of hydrogen-bond acceptors (Lipinski definition) is 3. The zero-order valence-corrected chi connectivity index (χ0v) is 21.1. The summed E-state index contributed by atoms with van der Waals surface area (Å²) in [5.74, 6) is -0.0386. The molecule has 0 radical (unpaired) electrons. The molecule has 8 heteroatoms. The molecular weight excluding hydrogens is 477 g/mol. The minimum absolute atomic E-state index is 0.127. The zero-order valence-electron chi connectivity index (χ0n) is 21.1. The molecule has 0 spiro atoms. The van der Waals surface area contributed by atoms with Gasteiger partial charge in [0.2, 0.25) is 5.91 Å². The van der Waals surface area contributed by atoms with E-state index in [4.69, 9.17) is 4.98 Å². The van der Waals surface area contributed by atoms with Gasteiger partial charge >= 0.3 is 0 Å². The first-order chi connectivity index (χ1) is 17.7. The fraction of sp³-hybridized carbons (Fsp3) is 0.414. The summed E-state index contributed by atoms with van der Waals surface area (Å²) < 4.78 is 43.8. The van der Waals surface area contributed by atoms with Gasteiger partial charge in [-0.2, -0.15) is 0 Å². The number of benzene rings is 2. The number of aliphatic imine (C=N–C) groups is 1. The van der Waals surface area contributed by atoms with E-state index >= 15 is 0 Å². The molecule has 1 aromatic heterocycles. The van der Waals surface area contributed by atoms with Gasteiger partial charge in [-0.3, -0.25) is 9.79 Å². The number of nitrogens with zero attached hydrogens (tertiary/aromatic N) is 4. The summed E-state index contributed by atoms with van der Waals surface area (Å²) >= 11 is 0. The lowest BCUT2D eigenvalue weighted by Crippen LogP contribution is -2.42. The SMILES string of the molecule is C=N[C@H](CF)C1CC2CC2(C)[C@H](c2nc(-c3cccc(F)c3)cn2Cc2cccc(F)c2)N(C(C)=O)C1. The van der Waals surface area contributed by atoms with Crippen LogP contribution in [0.15, 0.2) is 59.7 Å². The molecule has 1 aliphatic carbocycles. The van der Waals surface area contributed by atoms with E-state index in [-0.39, 0.29) is 40.8 Å². The molecule has 1 saturated carbocycles. The first-order valence-electron chi connectivity index (χ1n) is 12.6. The van der Waals surface area contributed by atoms with Gasteiger partial charge in [-0.05, 0) is 60.7 Å². The van der Waals surface area contributed by atoms with E-state index in [1.165, 1.54) is 31.2 Å². The van der Waals surface area contributed by atoms with Gasteiger partial charge in [-0.15, -0.1) is 0 Å². The van der Waals surface area contributed by atoms with Gasteiger partial charge in [-0.25, -0.2) is 18.2 Å². The summed E-state index contributed by atoms with van der Waals surface area (Å²) in [6, 6.07) is 11.6. The molecule has 1 amide bonds. The molecule has 194 valence electrons. The fourth-order valence-corrected chi connectivity index (χ4v) is 6.05. The third kappa shape index (κ3) is 4.81. The second-order valence-corrected chi connectivity index (χ2v) is 10.6. The number of hydrogen-bond donors (Lipinski definition) is 0. The van der Waals surface area contributed by atoms with Crippen molar-refractivity contribution in [1.82, 2.24) is 14.5 Å². The quantitative estimate of drug-likeness (QED) is 0.376. The van der Waals surface area contributed by atoms with Gasteiger partial charge in [0, 0.05) is 37.7 Å². The van der Waals surface area contributed by atoms with Crippen molar-refractivity contribution in [1.29, 1.82) is 0 Å². The minimum atomic E-state index is -0.619. The molecule has 2 heterocycles.